The van der Waals surface area contributed by atoms with Crippen LogP contribution in [-0.2, 0) is 5.41 Å². The fourth-order valence-electron chi connectivity index (χ4n) is 1.33. The summed E-state index contributed by atoms with van der Waals surface area (Å²) in [6, 6.07) is 4.18. The molecular formula is C11H13NaO3. The number of benzene rings is 1. The minimum absolute atomic E-state index is 0. The van der Waals surface area contributed by atoms with Crippen LogP contribution in [0.4, 0.5) is 0 Å². The van der Waals surface area contributed by atoms with Gasteiger partial charge in [0.15, 0.2) is 0 Å². The first-order valence-corrected chi connectivity index (χ1v) is 4.37. The Balaban J connectivity index is 0.00000196. The Morgan fingerprint density at radius 2 is 1.87 bits per heavy atom. The van der Waals surface area contributed by atoms with E-state index in [2.05, 4.69) is 0 Å². The Bertz CT molecular complexity index is 367. The first kappa shape index (κ1) is 14.5. The second-order valence-electron chi connectivity index (χ2n) is 4.27. The summed E-state index contributed by atoms with van der Waals surface area (Å²) in [5.74, 6) is -1.14. The average Bonchev–Trinajstić information content (AvgIpc) is 2.01. The fourth-order valence-corrected chi connectivity index (χ4v) is 1.33. The number of rotatable bonds is 1. The van der Waals surface area contributed by atoms with Gasteiger partial charge >= 0.3 is 29.6 Å². The van der Waals surface area contributed by atoms with Crippen molar-refractivity contribution in [3.63, 3.8) is 0 Å². The maximum Gasteiger partial charge on any atom is 1.00 e. The van der Waals surface area contributed by atoms with E-state index in [1.165, 1.54) is 18.2 Å². The molecule has 0 spiro atoms. The minimum atomic E-state index is -1.21. The third-order valence-electron chi connectivity index (χ3n) is 2.03. The Morgan fingerprint density at radius 3 is 2.27 bits per heavy atom. The van der Waals surface area contributed by atoms with Crippen LogP contribution in [0.3, 0.4) is 0 Å². The van der Waals surface area contributed by atoms with Gasteiger partial charge in [0.05, 0.1) is 5.97 Å². The molecule has 76 valence electrons. The van der Waals surface area contributed by atoms with E-state index in [0.29, 0.717) is 5.56 Å². The molecule has 0 saturated heterocycles. The van der Waals surface area contributed by atoms with Crippen LogP contribution < -0.4 is 34.7 Å². The zero-order valence-electron chi connectivity index (χ0n) is 9.50. The van der Waals surface area contributed by atoms with E-state index in [1.54, 1.807) is 0 Å². The standard InChI is InChI=1S/C11H14O3.Na/c1-11(2,3)9-6-7(12)4-5-8(9)10(13)14;/h4-6,12H,1-3H3,(H,13,14);/q;+1/p-1. The van der Waals surface area contributed by atoms with Crippen LogP contribution in [0, 0.1) is 0 Å². The zero-order chi connectivity index (χ0) is 10.9. The van der Waals surface area contributed by atoms with Crippen LogP contribution in [-0.4, -0.2) is 11.1 Å². The van der Waals surface area contributed by atoms with Crippen LogP contribution >= 0.6 is 0 Å². The van der Waals surface area contributed by atoms with Gasteiger partial charge in [-0.2, -0.15) is 0 Å². The Kier molecular flexibility index (Phi) is 4.84. The van der Waals surface area contributed by atoms with Crippen molar-refractivity contribution in [2.24, 2.45) is 0 Å². The summed E-state index contributed by atoms with van der Waals surface area (Å²) < 4.78 is 0. The number of aromatic carboxylic acids is 1. The van der Waals surface area contributed by atoms with E-state index >= 15 is 0 Å². The molecule has 4 heteroatoms. The van der Waals surface area contributed by atoms with E-state index in [-0.39, 0.29) is 46.3 Å². The van der Waals surface area contributed by atoms with Crippen molar-refractivity contribution in [1.82, 2.24) is 0 Å². The number of phenols is 1. The van der Waals surface area contributed by atoms with E-state index in [1.807, 2.05) is 20.8 Å². The monoisotopic (exact) mass is 216 g/mol. The predicted octanol–water partition coefficient (Wildman–Crippen LogP) is -1.94. The summed E-state index contributed by atoms with van der Waals surface area (Å²) in [6.07, 6.45) is 0. The van der Waals surface area contributed by atoms with Crippen molar-refractivity contribution in [3.8, 4) is 5.75 Å². The Labute approximate surface area is 111 Å². The number of carboxylic acid groups (broad SMARTS) is 1. The van der Waals surface area contributed by atoms with Gasteiger partial charge in [-0.3, -0.25) is 0 Å². The molecule has 0 bridgehead atoms. The van der Waals surface area contributed by atoms with Crippen LogP contribution in [0.2, 0.25) is 0 Å². The molecule has 0 aliphatic rings. The average molecular weight is 216 g/mol. The predicted molar refractivity (Wildman–Crippen MR) is 51.1 cm³/mol. The quantitative estimate of drug-likeness (QED) is 0.555. The number of carbonyl (C=O) groups is 1. The molecule has 3 nitrogen and oxygen atoms in total. The van der Waals surface area contributed by atoms with Crippen LogP contribution in [0.15, 0.2) is 18.2 Å². The molecule has 0 unspecified atom stereocenters. The van der Waals surface area contributed by atoms with E-state index in [9.17, 15) is 15.0 Å². The Morgan fingerprint density at radius 1 is 1.33 bits per heavy atom. The molecule has 0 fully saturated rings. The van der Waals surface area contributed by atoms with E-state index in [0.717, 1.165) is 0 Å². The van der Waals surface area contributed by atoms with Gasteiger partial charge in [0.1, 0.15) is 5.75 Å². The summed E-state index contributed by atoms with van der Waals surface area (Å²) in [5, 5.41) is 20.1. The summed E-state index contributed by atoms with van der Waals surface area (Å²) in [5.41, 5.74) is 0.390. The molecule has 0 atom stereocenters. The number of phenolic OH excluding ortho intramolecular Hbond substituents is 1. The molecule has 1 N–H and O–H groups in total. The van der Waals surface area contributed by atoms with Gasteiger partial charge in [-0.15, -0.1) is 0 Å². The Hall–Kier alpha value is -0.510. The molecule has 15 heavy (non-hydrogen) atoms. The van der Waals surface area contributed by atoms with Crippen molar-refractivity contribution < 1.29 is 44.6 Å². The third kappa shape index (κ3) is 3.52. The molecule has 0 heterocycles. The number of hydrogen-bond acceptors (Lipinski definition) is 3. The van der Waals surface area contributed by atoms with Crippen molar-refractivity contribution in [3.05, 3.63) is 29.3 Å². The molecule has 0 aromatic heterocycles. The molecule has 1 aromatic carbocycles. The molecular weight excluding hydrogens is 203 g/mol. The molecule has 1 rings (SSSR count). The van der Waals surface area contributed by atoms with Crippen molar-refractivity contribution in [2.75, 3.05) is 0 Å². The second kappa shape index (κ2) is 5.01. The SMILES string of the molecule is CC(C)(C)c1cc(O)ccc1C(=O)[O-].[Na+]. The van der Waals surface area contributed by atoms with Crippen LogP contribution in [0.1, 0.15) is 36.7 Å². The normalized spacial score (nSPS) is 10.6. The molecule has 0 saturated carbocycles. The number of carbonyl (C=O) groups excluding carboxylic acids is 1. The van der Waals surface area contributed by atoms with E-state index < -0.39 is 5.97 Å². The molecule has 1 aromatic rings. The fraction of sp³-hybridized carbons (Fsp3) is 0.364. The molecule has 0 amide bonds. The third-order valence-corrected chi connectivity index (χ3v) is 2.03. The van der Waals surface area contributed by atoms with Crippen LogP contribution in [0.5, 0.6) is 5.75 Å². The van der Waals surface area contributed by atoms with Gasteiger partial charge in [0.2, 0.25) is 0 Å². The van der Waals surface area contributed by atoms with Gasteiger partial charge in [0, 0.05) is 5.56 Å². The van der Waals surface area contributed by atoms with Gasteiger partial charge < -0.3 is 15.0 Å². The van der Waals surface area contributed by atoms with E-state index in [4.69, 9.17) is 0 Å². The minimum Gasteiger partial charge on any atom is -0.545 e. The first-order chi connectivity index (χ1) is 6.32. The zero-order valence-corrected chi connectivity index (χ0v) is 11.5. The number of aromatic hydroxyl groups is 1. The number of hydrogen-bond donors (Lipinski definition) is 1. The van der Waals surface area contributed by atoms with Gasteiger partial charge in [0.25, 0.3) is 0 Å². The van der Waals surface area contributed by atoms with Crippen LogP contribution in [0.25, 0.3) is 0 Å². The maximum absolute atomic E-state index is 10.8. The van der Waals surface area contributed by atoms with Gasteiger partial charge in [-0.25, -0.2) is 0 Å². The molecule has 0 aliphatic heterocycles. The second-order valence-corrected chi connectivity index (χ2v) is 4.27. The summed E-state index contributed by atoms with van der Waals surface area (Å²) in [4.78, 5) is 10.8. The van der Waals surface area contributed by atoms with Crippen molar-refractivity contribution in [2.45, 2.75) is 26.2 Å². The number of carboxylic acids is 1. The smallest absolute Gasteiger partial charge is 0.545 e. The van der Waals surface area contributed by atoms with Gasteiger partial charge in [-0.1, -0.05) is 20.8 Å². The summed E-state index contributed by atoms with van der Waals surface area (Å²) in [7, 11) is 0. The summed E-state index contributed by atoms with van der Waals surface area (Å²) in [6.45, 7) is 5.65. The molecule has 0 radical (unpaired) electrons. The largest absolute Gasteiger partial charge is 1.00 e. The topological polar surface area (TPSA) is 60.4 Å². The van der Waals surface area contributed by atoms with Crippen molar-refractivity contribution in [1.29, 1.82) is 0 Å². The first-order valence-electron chi connectivity index (χ1n) is 4.37. The molecule has 0 aliphatic carbocycles. The van der Waals surface area contributed by atoms with Gasteiger partial charge in [-0.05, 0) is 29.2 Å². The summed E-state index contributed by atoms with van der Waals surface area (Å²) >= 11 is 0. The van der Waals surface area contributed by atoms with Crippen molar-refractivity contribution >= 4 is 5.97 Å². The maximum atomic E-state index is 10.8.